The van der Waals surface area contributed by atoms with Crippen molar-refractivity contribution in [1.82, 2.24) is 0 Å². The van der Waals surface area contributed by atoms with Gasteiger partial charge >= 0.3 is 0 Å². The number of fused-ring (bicyclic) bond motifs is 1. The Labute approximate surface area is 189 Å². The summed E-state index contributed by atoms with van der Waals surface area (Å²) in [7, 11) is -7.27. The molecule has 0 aliphatic rings. The minimum absolute atomic E-state index is 0.129. The van der Waals surface area contributed by atoms with Gasteiger partial charge in [0.25, 0.3) is 10.0 Å². The van der Waals surface area contributed by atoms with E-state index in [1.807, 2.05) is 76.2 Å². The molecule has 1 aromatic heterocycles. The number of nitrogens with zero attached hydrogens (tertiary/aromatic N) is 1. The van der Waals surface area contributed by atoms with Crippen LogP contribution in [0.1, 0.15) is 26.5 Å². The molecule has 166 valence electrons. The zero-order valence-electron chi connectivity index (χ0n) is 18.5. The summed E-state index contributed by atoms with van der Waals surface area (Å²) in [5.41, 5.74) is 0.440. The van der Waals surface area contributed by atoms with Crippen molar-refractivity contribution >= 4 is 33.6 Å². The first kappa shape index (κ1) is 22.4. The van der Waals surface area contributed by atoms with E-state index in [1.54, 1.807) is 36.4 Å². The van der Waals surface area contributed by atoms with E-state index in [4.69, 9.17) is 8.94 Å². The molecule has 4 rings (SSSR count). The van der Waals surface area contributed by atoms with Crippen LogP contribution in [0.25, 0.3) is 10.8 Å². The number of aryl methyl sites for hydroxylation is 1. The Bertz CT molecular complexity index is 1420. The molecule has 0 amide bonds. The Kier molecular flexibility index (Phi) is 5.78. The highest BCUT2D eigenvalue weighted by atomic mass is 32.2. The molecule has 0 N–H and O–H groups in total. The monoisotopic (exact) mass is 467 g/mol. The summed E-state index contributed by atoms with van der Waals surface area (Å²) in [6, 6.07) is 25.4. The summed E-state index contributed by atoms with van der Waals surface area (Å²) in [5.74, 6) is 1.21. The van der Waals surface area contributed by atoms with Crippen molar-refractivity contribution in [3.63, 3.8) is 0 Å². The fourth-order valence-corrected chi connectivity index (χ4v) is 8.97. The number of benzene rings is 3. The average Bonchev–Trinajstić information content (AvgIpc) is 3.19. The van der Waals surface area contributed by atoms with Gasteiger partial charge in [-0.15, -0.1) is 4.15 Å². The standard InChI is InChI=1S/C25H26NO4PS/c1-19-14-17-24(29-19)31(25(2,3)4,30-22-12-6-5-7-13-22)26-32(27,28)23-16-15-20-10-8-9-11-21(20)18-23/h5-18H,1-4H3/t31-/m0/s1. The van der Waals surface area contributed by atoms with Crippen molar-refractivity contribution in [3.8, 4) is 5.75 Å². The minimum atomic E-state index is -4.06. The van der Waals surface area contributed by atoms with E-state index < -0.39 is 22.5 Å². The van der Waals surface area contributed by atoms with Crippen molar-refractivity contribution in [1.29, 1.82) is 0 Å². The molecule has 0 bridgehead atoms. The van der Waals surface area contributed by atoms with Crippen LogP contribution in [0, 0.1) is 6.92 Å². The van der Waals surface area contributed by atoms with Crippen LogP contribution in [0.15, 0.2) is 98.4 Å². The molecule has 0 saturated heterocycles. The van der Waals surface area contributed by atoms with Crippen molar-refractivity contribution in [2.75, 3.05) is 0 Å². The normalized spacial score (nSPS) is 14.1. The molecule has 5 nitrogen and oxygen atoms in total. The van der Waals surface area contributed by atoms with Gasteiger partial charge in [-0.1, -0.05) is 69.3 Å². The van der Waals surface area contributed by atoms with Gasteiger partial charge in [-0.2, -0.15) is 8.42 Å². The number of rotatable bonds is 5. The highest BCUT2D eigenvalue weighted by Gasteiger charge is 2.43. The van der Waals surface area contributed by atoms with Crippen LogP contribution in [0.2, 0.25) is 0 Å². The van der Waals surface area contributed by atoms with Crippen LogP contribution >= 0.6 is 7.28 Å². The van der Waals surface area contributed by atoms with E-state index in [0.29, 0.717) is 17.0 Å². The van der Waals surface area contributed by atoms with Crippen molar-refractivity contribution in [2.24, 2.45) is 4.15 Å². The topological polar surface area (TPSA) is 68.9 Å². The third-order valence-electron chi connectivity index (χ3n) is 5.16. The van der Waals surface area contributed by atoms with Gasteiger partial charge in [0.1, 0.15) is 11.5 Å². The Morgan fingerprint density at radius 1 is 0.844 bits per heavy atom. The second-order valence-electron chi connectivity index (χ2n) is 8.60. The third kappa shape index (κ3) is 4.25. The predicted molar refractivity (Wildman–Crippen MR) is 130 cm³/mol. The maximum atomic E-state index is 13.6. The molecule has 32 heavy (non-hydrogen) atoms. The summed E-state index contributed by atoms with van der Waals surface area (Å²) in [6.07, 6.45) is 0. The second-order valence-corrected chi connectivity index (χ2v) is 13.8. The molecule has 0 aliphatic carbocycles. The fourth-order valence-electron chi connectivity index (χ4n) is 3.44. The van der Waals surface area contributed by atoms with E-state index in [9.17, 15) is 8.42 Å². The summed E-state index contributed by atoms with van der Waals surface area (Å²) in [4.78, 5) is 0.129. The number of furan rings is 1. The van der Waals surface area contributed by atoms with Crippen LogP contribution in [-0.2, 0) is 10.0 Å². The zero-order chi connectivity index (χ0) is 23.0. The number of sulfonamides is 1. The summed E-state index contributed by atoms with van der Waals surface area (Å²) in [6.45, 7) is 7.62. The second kappa shape index (κ2) is 8.27. The van der Waals surface area contributed by atoms with Gasteiger partial charge in [-0.05, 0) is 54.1 Å². The molecular formula is C25H26NO4PS. The van der Waals surface area contributed by atoms with Gasteiger partial charge in [0.05, 0.1) is 4.90 Å². The first-order valence-electron chi connectivity index (χ1n) is 10.3. The summed E-state index contributed by atoms with van der Waals surface area (Å²) >= 11 is 0. The SMILES string of the molecule is Cc1ccc([P@](=NS(=O)(=O)c2ccc3ccccc3c2)(Oc2ccccc2)C(C)(C)C)o1. The molecular weight excluding hydrogens is 441 g/mol. The minimum Gasteiger partial charge on any atom is -0.457 e. The average molecular weight is 468 g/mol. The van der Waals surface area contributed by atoms with Gasteiger partial charge in [0.15, 0.2) is 5.50 Å². The van der Waals surface area contributed by atoms with Gasteiger partial charge in [0.2, 0.25) is 7.28 Å². The van der Waals surface area contributed by atoms with Crippen molar-refractivity contribution in [3.05, 3.63) is 90.7 Å². The highest BCUT2D eigenvalue weighted by Crippen LogP contribution is 2.61. The number of hydrogen-bond donors (Lipinski definition) is 0. The zero-order valence-corrected chi connectivity index (χ0v) is 20.2. The molecule has 1 heterocycles. The van der Waals surface area contributed by atoms with Crippen LogP contribution in [-0.4, -0.2) is 13.6 Å². The maximum Gasteiger partial charge on any atom is 0.284 e. The molecule has 0 saturated carbocycles. The Balaban J connectivity index is 1.99. The first-order valence-corrected chi connectivity index (χ1v) is 13.4. The largest absolute Gasteiger partial charge is 0.457 e. The number of para-hydroxylation sites is 1. The fraction of sp³-hybridized carbons (Fsp3) is 0.200. The molecule has 0 unspecified atom stereocenters. The van der Waals surface area contributed by atoms with Gasteiger partial charge in [-0.25, -0.2) is 0 Å². The molecule has 0 fully saturated rings. The Morgan fingerprint density at radius 3 is 2.12 bits per heavy atom. The first-order chi connectivity index (χ1) is 15.1. The van der Waals surface area contributed by atoms with Crippen molar-refractivity contribution < 1.29 is 17.4 Å². The van der Waals surface area contributed by atoms with Gasteiger partial charge in [0, 0.05) is 5.16 Å². The molecule has 0 spiro atoms. The molecule has 0 radical (unpaired) electrons. The molecule has 1 atom stereocenters. The van der Waals surface area contributed by atoms with E-state index in [2.05, 4.69) is 4.15 Å². The molecule has 0 aliphatic heterocycles. The van der Waals surface area contributed by atoms with Crippen LogP contribution in [0.5, 0.6) is 5.75 Å². The van der Waals surface area contributed by atoms with E-state index >= 15 is 0 Å². The van der Waals surface area contributed by atoms with Gasteiger partial charge < -0.3 is 8.94 Å². The maximum absolute atomic E-state index is 13.6. The highest BCUT2D eigenvalue weighted by molar-refractivity contribution is 7.95. The molecule has 4 aromatic rings. The van der Waals surface area contributed by atoms with Crippen LogP contribution < -0.4 is 10.0 Å². The summed E-state index contributed by atoms with van der Waals surface area (Å²) < 4.78 is 44.3. The van der Waals surface area contributed by atoms with Crippen LogP contribution in [0.4, 0.5) is 0 Å². The van der Waals surface area contributed by atoms with E-state index in [1.165, 1.54) is 0 Å². The number of hydrogen-bond acceptors (Lipinski definition) is 4. The molecule has 7 heteroatoms. The lowest BCUT2D eigenvalue weighted by atomic mass is 10.1. The lowest BCUT2D eigenvalue weighted by Gasteiger charge is -2.34. The predicted octanol–water partition coefficient (Wildman–Crippen LogP) is 6.75. The van der Waals surface area contributed by atoms with E-state index in [0.717, 1.165) is 10.8 Å². The van der Waals surface area contributed by atoms with E-state index in [-0.39, 0.29) is 4.90 Å². The van der Waals surface area contributed by atoms with Gasteiger partial charge in [-0.3, -0.25) is 0 Å². The Hall–Kier alpha value is -2.82. The third-order valence-corrected chi connectivity index (χ3v) is 10.9. The summed E-state index contributed by atoms with van der Waals surface area (Å²) in [5, 5.41) is 1.14. The van der Waals surface area contributed by atoms with Crippen LogP contribution in [0.3, 0.4) is 0 Å². The van der Waals surface area contributed by atoms with Crippen molar-refractivity contribution in [2.45, 2.75) is 37.7 Å². The Morgan fingerprint density at radius 2 is 1.50 bits per heavy atom. The lowest BCUT2D eigenvalue weighted by Crippen LogP contribution is -2.27. The molecule has 3 aromatic carbocycles. The quantitative estimate of drug-likeness (QED) is 0.305. The lowest BCUT2D eigenvalue weighted by molar-refractivity contribution is 0.526. The smallest absolute Gasteiger partial charge is 0.284 e.